The van der Waals surface area contributed by atoms with Crippen LogP contribution >= 0.6 is 11.3 Å². The van der Waals surface area contributed by atoms with E-state index in [9.17, 15) is 4.79 Å². The van der Waals surface area contributed by atoms with E-state index in [1.165, 1.54) is 11.3 Å². The van der Waals surface area contributed by atoms with E-state index in [0.29, 0.717) is 11.4 Å². The first-order valence-electron chi connectivity index (χ1n) is 6.25. The molecule has 1 aromatic rings. The van der Waals surface area contributed by atoms with Crippen molar-refractivity contribution >= 4 is 17.2 Å². The van der Waals surface area contributed by atoms with Gasteiger partial charge in [-0.3, -0.25) is 4.79 Å². The molecule has 0 spiro atoms. The van der Waals surface area contributed by atoms with E-state index in [1.54, 1.807) is 12.1 Å². The second-order valence-electron chi connectivity index (χ2n) is 4.71. The van der Waals surface area contributed by atoms with Crippen molar-refractivity contribution in [3.05, 3.63) is 21.9 Å². The number of hydrogen-bond acceptors (Lipinski definition) is 4. The molecule has 2 N–H and O–H groups in total. The number of aliphatic hydroxyl groups excluding tert-OH is 1. The Bertz CT molecular complexity index is 506. The van der Waals surface area contributed by atoms with E-state index in [2.05, 4.69) is 17.2 Å². The molecule has 1 aliphatic rings. The molecule has 0 bridgehead atoms. The van der Waals surface area contributed by atoms with Gasteiger partial charge in [-0.15, -0.1) is 11.3 Å². The fourth-order valence-corrected chi connectivity index (χ4v) is 2.78. The van der Waals surface area contributed by atoms with Gasteiger partial charge in [-0.25, -0.2) is 0 Å². The minimum Gasteiger partial charge on any atom is -0.384 e. The number of carbonyl (C=O) groups excluding carboxylic acids is 1. The van der Waals surface area contributed by atoms with Crippen molar-refractivity contribution < 1.29 is 14.6 Å². The Labute approximate surface area is 116 Å². The second-order valence-corrected chi connectivity index (χ2v) is 5.79. The van der Waals surface area contributed by atoms with Crippen LogP contribution in [0.25, 0.3) is 0 Å². The Kier molecular flexibility index (Phi) is 4.59. The van der Waals surface area contributed by atoms with Crippen molar-refractivity contribution in [2.75, 3.05) is 19.8 Å². The van der Waals surface area contributed by atoms with Crippen LogP contribution in [0.4, 0.5) is 0 Å². The zero-order valence-electron chi connectivity index (χ0n) is 10.9. The summed E-state index contributed by atoms with van der Waals surface area (Å²) in [6, 6.07) is 3.54. The number of nitrogens with one attached hydrogen (secondary N) is 1. The summed E-state index contributed by atoms with van der Waals surface area (Å²) in [7, 11) is 0. The van der Waals surface area contributed by atoms with Gasteiger partial charge in [0.15, 0.2) is 0 Å². The lowest BCUT2D eigenvalue weighted by atomic mass is 10.0. The normalized spacial score (nSPS) is 21.8. The standard InChI is InChI=1S/C14H17NO3S/c1-14(7-3-9-18-14)10-15-13(17)12-6-5-11(19-12)4-2-8-16/h5-6,16H,3,7-10H2,1H3,(H,15,17). The molecule has 1 aromatic heterocycles. The van der Waals surface area contributed by atoms with E-state index < -0.39 is 0 Å². The van der Waals surface area contributed by atoms with Crippen LogP contribution < -0.4 is 5.32 Å². The highest BCUT2D eigenvalue weighted by Gasteiger charge is 2.30. The predicted molar refractivity (Wildman–Crippen MR) is 74.2 cm³/mol. The molecule has 2 rings (SSSR count). The Morgan fingerprint density at radius 2 is 2.47 bits per heavy atom. The summed E-state index contributed by atoms with van der Waals surface area (Å²) in [6.45, 7) is 3.15. The Balaban J connectivity index is 1.91. The maximum Gasteiger partial charge on any atom is 0.261 e. The summed E-state index contributed by atoms with van der Waals surface area (Å²) >= 11 is 1.32. The number of aliphatic hydroxyl groups is 1. The molecule has 1 unspecified atom stereocenters. The molecule has 19 heavy (non-hydrogen) atoms. The first kappa shape index (κ1) is 14.1. The monoisotopic (exact) mass is 279 g/mol. The SMILES string of the molecule is CC1(CNC(=O)c2ccc(C#CCO)s2)CCCO1. The first-order chi connectivity index (χ1) is 9.13. The molecule has 1 aliphatic heterocycles. The molecule has 0 aliphatic carbocycles. The summed E-state index contributed by atoms with van der Waals surface area (Å²) in [5, 5.41) is 11.5. The average molecular weight is 279 g/mol. The van der Waals surface area contributed by atoms with E-state index in [0.717, 1.165) is 24.3 Å². The van der Waals surface area contributed by atoms with Gasteiger partial charge in [-0.1, -0.05) is 11.8 Å². The quantitative estimate of drug-likeness (QED) is 0.822. The lowest BCUT2D eigenvalue weighted by molar-refractivity contribution is 0.0206. The smallest absolute Gasteiger partial charge is 0.261 e. The van der Waals surface area contributed by atoms with Crippen LogP contribution in [-0.2, 0) is 4.74 Å². The lowest BCUT2D eigenvalue weighted by Gasteiger charge is -2.23. The molecule has 1 atom stereocenters. The largest absolute Gasteiger partial charge is 0.384 e. The third-order valence-corrected chi connectivity index (χ3v) is 4.04. The van der Waals surface area contributed by atoms with Gasteiger partial charge < -0.3 is 15.2 Å². The molecule has 1 saturated heterocycles. The molecule has 4 nitrogen and oxygen atoms in total. The highest BCUT2D eigenvalue weighted by atomic mass is 32.1. The van der Waals surface area contributed by atoms with Crippen molar-refractivity contribution in [2.24, 2.45) is 0 Å². The molecule has 0 saturated carbocycles. The zero-order valence-corrected chi connectivity index (χ0v) is 11.7. The van der Waals surface area contributed by atoms with E-state index in [1.807, 2.05) is 6.92 Å². The fourth-order valence-electron chi connectivity index (χ4n) is 1.98. The number of thiophene rings is 1. The molecule has 102 valence electrons. The molecule has 1 amide bonds. The van der Waals surface area contributed by atoms with Gasteiger partial charge in [-0.05, 0) is 31.9 Å². The predicted octanol–water partition coefficient (Wildman–Crippen LogP) is 1.39. The minimum absolute atomic E-state index is 0.0984. The Morgan fingerprint density at radius 1 is 1.63 bits per heavy atom. The van der Waals surface area contributed by atoms with Gasteiger partial charge in [0, 0.05) is 13.2 Å². The third kappa shape index (κ3) is 3.80. The molecule has 0 radical (unpaired) electrons. The molecule has 0 aromatic carbocycles. The van der Waals surface area contributed by atoms with E-state index in [-0.39, 0.29) is 18.1 Å². The van der Waals surface area contributed by atoms with Crippen LogP contribution in [0.15, 0.2) is 12.1 Å². The van der Waals surface area contributed by atoms with Gasteiger partial charge in [0.1, 0.15) is 6.61 Å². The number of rotatable bonds is 3. The lowest BCUT2D eigenvalue weighted by Crippen LogP contribution is -2.39. The summed E-state index contributed by atoms with van der Waals surface area (Å²) in [6.07, 6.45) is 2.03. The van der Waals surface area contributed by atoms with Crippen molar-refractivity contribution in [2.45, 2.75) is 25.4 Å². The maximum atomic E-state index is 12.0. The zero-order chi connectivity index (χ0) is 13.7. The molecule has 1 fully saturated rings. The Morgan fingerprint density at radius 3 is 3.16 bits per heavy atom. The topological polar surface area (TPSA) is 58.6 Å². The highest BCUT2D eigenvalue weighted by Crippen LogP contribution is 2.24. The van der Waals surface area contributed by atoms with Crippen LogP contribution in [0.3, 0.4) is 0 Å². The minimum atomic E-state index is -0.230. The first-order valence-corrected chi connectivity index (χ1v) is 7.06. The van der Waals surface area contributed by atoms with E-state index in [4.69, 9.17) is 9.84 Å². The van der Waals surface area contributed by atoms with Crippen LogP contribution in [0, 0.1) is 11.8 Å². The average Bonchev–Trinajstić information content (AvgIpc) is 3.03. The number of amides is 1. The van der Waals surface area contributed by atoms with Gasteiger partial charge in [-0.2, -0.15) is 0 Å². The maximum absolute atomic E-state index is 12.0. The number of carbonyl (C=O) groups is 1. The van der Waals surface area contributed by atoms with Crippen molar-refractivity contribution in [3.8, 4) is 11.8 Å². The van der Waals surface area contributed by atoms with Crippen LogP contribution in [0.2, 0.25) is 0 Å². The molecular weight excluding hydrogens is 262 g/mol. The van der Waals surface area contributed by atoms with Crippen LogP contribution in [0.1, 0.15) is 34.3 Å². The summed E-state index contributed by atoms with van der Waals surface area (Å²) in [4.78, 5) is 13.4. The second kappa shape index (κ2) is 6.20. The summed E-state index contributed by atoms with van der Waals surface area (Å²) in [5.41, 5.74) is -0.230. The summed E-state index contributed by atoms with van der Waals surface area (Å²) < 4.78 is 5.62. The van der Waals surface area contributed by atoms with Gasteiger partial charge in [0.05, 0.1) is 15.4 Å². The number of ether oxygens (including phenoxy) is 1. The highest BCUT2D eigenvalue weighted by molar-refractivity contribution is 7.14. The van der Waals surface area contributed by atoms with Crippen molar-refractivity contribution in [1.29, 1.82) is 0 Å². The molecule has 2 heterocycles. The van der Waals surface area contributed by atoms with E-state index >= 15 is 0 Å². The van der Waals surface area contributed by atoms with Crippen LogP contribution in [-0.4, -0.2) is 36.4 Å². The molecular formula is C14H17NO3S. The molecule has 5 heteroatoms. The fraction of sp³-hybridized carbons (Fsp3) is 0.500. The Hall–Kier alpha value is -1.35. The van der Waals surface area contributed by atoms with Gasteiger partial charge in [0.25, 0.3) is 5.91 Å². The van der Waals surface area contributed by atoms with Crippen LogP contribution in [0.5, 0.6) is 0 Å². The van der Waals surface area contributed by atoms with Crippen molar-refractivity contribution in [1.82, 2.24) is 5.32 Å². The summed E-state index contributed by atoms with van der Waals surface area (Å²) in [5.74, 6) is 5.25. The van der Waals surface area contributed by atoms with Crippen molar-refractivity contribution in [3.63, 3.8) is 0 Å². The number of hydrogen-bond donors (Lipinski definition) is 2. The van der Waals surface area contributed by atoms with Gasteiger partial charge in [0.2, 0.25) is 0 Å². The van der Waals surface area contributed by atoms with Gasteiger partial charge >= 0.3 is 0 Å². The third-order valence-electron chi connectivity index (χ3n) is 3.04.